The molecule has 0 saturated heterocycles. The van der Waals surface area contributed by atoms with Crippen LogP contribution in [0.15, 0.2) is 66.7 Å². The van der Waals surface area contributed by atoms with Crippen LogP contribution in [0, 0.1) is 5.82 Å². The maximum atomic E-state index is 13.1. The first-order chi connectivity index (χ1) is 13.6. The number of ether oxygens (including phenoxy) is 1. The predicted octanol–water partition coefficient (Wildman–Crippen LogP) is 5.82. The van der Waals surface area contributed by atoms with E-state index < -0.39 is 0 Å². The van der Waals surface area contributed by atoms with Gasteiger partial charge in [0.15, 0.2) is 0 Å². The van der Waals surface area contributed by atoms with Crippen molar-refractivity contribution in [1.29, 1.82) is 0 Å². The molecule has 0 fully saturated rings. The average Bonchev–Trinajstić information content (AvgIpc) is 2.73. The average molecular weight is 375 g/mol. The van der Waals surface area contributed by atoms with E-state index >= 15 is 0 Å². The minimum Gasteiger partial charge on any atom is -0.497 e. The number of aryl methyl sites for hydroxylation is 1. The van der Waals surface area contributed by atoms with Crippen molar-refractivity contribution < 1.29 is 13.9 Å². The fourth-order valence-electron chi connectivity index (χ4n) is 2.86. The molecule has 0 unspecified atom stereocenters. The number of carbonyl (C=O) groups is 1. The van der Waals surface area contributed by atoms with Crippen LogP contribution in [0.25, 0.3) is 12.2 Å². The van der Waals surface area contributed by atoms with Crippen molar-refractivity contribution in [2.75, 3.05) is 12.4 Å². The molecule has 0 bridgehead atoms. The second-order valence-electron chi connectivity index (χ2n) is 6.34. The molecule has 1 N–H and O–H groups in total. The minimum absolute atomic E-state index is 0.261. The van der Waals surface area contributed by atoms with Crippen molar-refractivity contribution >= 4 is 23.7 Å². The van der Waals surface area contributed by atoms with Crippen LogP contribution in [0.2, 0.25) is 0 Å². The third kappa shape index (κ3) is 4.86. The predicted molar refractivity (Wildman–Crippen MR) is 112 cm³/mol. The lowest BCUT2D eigenvalue weighted by Crippen LogP contribution is -2.13. The van der Waals surface area contributed by atoms with Gasteiger partial charge in [0.25, 0.3) is 5.91 Å². The molecule has 0 saturated carbocycles. The van der Waals surface area contributed by atoms with Gasteiger partial charge in [-0.25, -0.2) is 4.39 Å². The number of halogens is 1. The van der Waals surface area contributed by atoms with Crippen molar-refractivity contribution in [2.24, 2.45) is 0 Å². The molecule has 3 rings (SSSR count). The topological polar surface area (TPSA) is 38.3 Å². The Kier molecular flexibility index (Phi) is 6.22. The van der Waals surface area contributed by atoms with Crippen LogP contribution < -0.4 is 10.1 Å². The van der Waals surface area contributed by atoms with Crippen LogP contribution in [0.4, 0.5) is 10.1 Å². The first kappa shape index (κ1) is 19.4. The molecular weight excluding hydrogens is 353 g/mol. The largest absolute Gasteiger partial charge is 0.497 e. The quantitative estimate of drug-likeness (QED) is 0.551. The monoisotopic (exact) mass is 375 g/mol. The number of nitrogens with one attached hydrogen (secondary N) is 1. The third-order valence-corrected chi connectivity index (χ3v) is 4.43. The molecule has 0 aromatic heterocycles. The summed E-state index contributed by atoms with van der Waals surface area (Å²) in [5.41, 5.74) is 4.20. The molecule has 142 valence electrons. The number of anilines is 1. The molecule has 1 amide bonds. The Morgan fingerprint density at radius 2 is 1.71 bits per heavy atom. The Morgan fingerprint density at radius 3 is 2.39 bits per heavy atom. The maximum Gasteiger partial charge on any atom is 0.255 e. The molecule has 0 radical (unpaired) electrons. The Balaban J connectivity index is 1.82. The number of methoxy groups -OCH3 is 1. The van der Waals surface area contributed by atoms with Crippen LogP contribution in [0.1, 0.15) is 34.0 Å². The Bertz CT molecular complexity index is 994. The van der Waals surface area contributed by atoms with Crippen molar-refractivity contribution in [2.45, 2.75) is 13.3 Å². The molecule has 28 heavy (non-hydrogen) atoms. The minimum atomic E-state index is -0.365. The van der Waals surface area contributed by atoms with E-state index in [2.05, 4.69) is 5.32 Å². The van der Waals surface area contributed by atoms with Gasteiger partial charge < -0.3 is 10.1 Å². The maximum absolute atomic E-state index is 13.1. The van der Waals surface area contributed by atoms with Gasteiger partial charge in [0.2, 0.25) is 0 Å². The molecule has 3 aromatic carbocycles. The smallest absolute Gasteiger partial charge is 0.255 e. The first-order valence-corrected chi connectivity index (χ1v) is 9.11. The lowest BCUT2D eigenvalue weighted by molar-refractivity contribution is 0.102. The molecule has 3 nitrogen and oxygen atoms in total. The fourth-order valence-corrected chi connectivity index (χ4v) is 2.86. The normalized spacial score (nSPS) is 10.8. The third-order valence-electron chi connectivity index (χ3n) is 4.43. The van der Waals surface area contributed by atoms with Crippen LogP contribution in [0.5, 0.6) is 5.75 Å². The van der Waals surface area contributed by atoms with Crippen molar-refractivity contribution in [3.8, 4) is 5.75 Å². The first-order valence-electron chi connectivity index (χ1n) is 9.11. The standard InChI is InChI=1S/C24H22FNO2/c1-3-19-10-9-18(8-7-17-5-4-6-22(15-17)28-2)16-23(19)26-24(27)20-11-13-21(25)14-12-20/h4-16H,3H2,1-2H3,(H,26,27)/b8-7+. The Morgan fingerprint density at radius 1 is 1.00 bits per heavy atom. The zero-order valence-corrected chi connectivity index (χ0v) is 15.9. The SMILES string of the molecule is CCc1ccc(/C=C/c2cccc(OC)c2)cc1NC(=O)c1ccc(F)cc1. The Hall–Kier alpha value is -3.40. The highest BCUT2D eigenvalue weighted by Crippen LogP contribution is 2.22. The number of amides is 1. The van der Waals surface area contributed by atoms with Gasteiger partial charge in [-0.1, -0.05) is 43.3 Å². The summed E-state index contributed by atoms with van der Waals surface area (Å²) < 4.78 is 18.3. The highest BCUT2D eigenvalue weighted by Gasteiger charge is 2.09. The lowest BCUT2D eigenvalue weighted by Gasteiger charge is -2.11. The molecule has 0 atom stereocenters. The van der Waals surface area contributed by atoms with Gasteiger partial charge >= 0.3 is 0 Å². The summed E-state index contributed by atoms with van der Waals surface area (Å²) in [6.07, 6.45) is 4.77. The summed E-state index contributed by atoms with van der Waals surface area (Å²) in [6.45, 7) is 2.04. The van der Waals surface area contributed by atoms with Crippen LogP contribution in [-0.2, 0) is 6.42 Å². The van der Waals surface area contributed by atoms with E-state index in [-0.39, 0.29) is 11.7 Å². The number of hydrogen-bond acceptors (Lipinski definition) is 2. The van der Waals surface area contributed by atoms with E-state index in [9.17, 15) is 9.18 Å². The molecule has 0 heterocycles. The Labute approximate surface area is 164 Å². The van der Waals surface area contributed by atoms with Gasteiger partial charge in [0.1, 0.15) is 11.6 Å². The molecule has 0 aliphatic rings. The highest BCUT2D eigenvalue weighted by molar-refractivity contribution is 6.04. The highest BCUT2D eigenvalue weighted by atomic mass is 19.1. The fraction of sp³-hybridized carbons (Fsp3) is 0.125. The molecule has 4 heteroatoms. The van der Waals surface area contributed by atoms with E-state index in [0.29, 0.717) is 5.56 Å². The summed E-state index contributed by atoms with van der Waals surface area (Å²) in [5, 5.41) is 2.94. The van der Waals surface area contributed by atoms with Gasteiger partial charge in [0.05, 0.1) is 7.11 Å². The van der Waals surface area contributed by atoms with Crippen molar-refractivity contribution in [3.05, 3.63) is 94.8 Å². The molecule has 0 spiro atoms. The number of rotatable bonds is 6. The van der Waals surface area contributed by atoms with Gasteiger partial charge in [-0.2, -0.15) is 0 Å². The van der Waals surface area contributed by atoms with Gasteiger partial charge in [-0.3, -0.25) is 4.79 Å². The van der Waals surface area contributed by atoms with E-state index in [1.165, 1.54) is 24.3 Å². The second-order valence-corrected chi connectivity index (χ2v) is 6.34. The lowest BCUT2D eigenvalue weighted by atomic mass is 10.0. The van der Waals surface area contributed by atoms with E-state index in [0.717, 1.165) is 34.5 Å². The molecule has 3 aromatic rings. The molecule has 0 aliphatic heterocycles. The molecular formula is C24H22FNO2. The van der Waals surface area contributed by atoms with Crippen molar-refractivity contribution in [3.63, 3.8) is 0 Å². The van der Waals surface area contributed by atoms with E-state index in [1.54, 1.807) is 7.11 Å². The van der Waals surface area contributed by atoms with Gasteiger partial charge in [-0.15, -0.1) is 0 Å². The van der Waals surface area contributed by atoms with Crippen LogP contribution in [0.3, 0.4) is 0 Å². The van der Waals surface area contributed by atoms with Crippen molar-refractivity contribution in [1.82, 2.24) is 0 Å². The number of benzene rings is 3. The molecule has 0 aliphatic carbocycles. The summed E-state index contributed by atoms with van der Waals surface area (Å²) in [6, 6.07) is 19.3. The van der Waals surface area contributed by atoms with Crippen LogP contribution >= 0.6 is 0 Å². The summed E-state index contributed by atoms with van der Waals surface area (Å²) in [7, 11) is 1.64. The summed E-state index contributed by atoms with van der Waals surface area (Å²) in [4.78, 5) is 12.5. The number of carbonyl (C=O) groups excluding carboxylic acids is 1. The number of hydrogen-bond donors (Lipinski definition) is 1. The summed E-state index contributed by atoms with van der Waals surface area (Å²) in [5.74, 6) is 0.176. The van der Waals surface area contributed by atoms with Crippen LogP contribution in [-0.4, -0.2) is 13.0 Å². The zero-order valence-electron chi connectivity index (χ0n) is 15.9. The van der Waals surface area contributed by atoms with E-state index in [4.69, 9.17) is 4.74 Å². The van der Waals surface area contributed by atoms with Gasteiger partial charge in [0, 0.05) is 11.3 Å². The van der Waals surface area contributed by atoms with E-state index in [1.807, 2.05) is 61.5 Å². The van der Waals surface area contributed by atoms with Gasteiger partial charge in [-0.05, 0) is 65.6 Å². The summed E-state index contributed by atoms with van der Waals surface area (Å²) >= 11 is 0. The second kappa shape index (κ2) is 9.00. The zero-order chi connectivity index (χ0) is 19.9.